The third-order valence-corrected chi connectivity index (χ3v) is 4.06. The minimum absolute atomic E-state index is 0.546. The van der Waals surface area contributed by atoms with Crippen LogP contribution in [0.3, 0.4) is 0 Å². The number of aromatic nitrogens is 2. The number of piperidine rings is 1. The van der Waals surface area contributed by atoms with Gasteiger partial charge in [0.2, 0.25) is 0 Å². The average molecular weight is 283 g/mol. The standard InChI is InChI=1S/C11H15BrN4/c12-10-5-13-6-14-11(10)16-9-3-7-1-2-8(4-9)15-7/h5-9,15H,1-4H2,(H,13,14,16). The first kappa shape index (κ1) is 10.5. The zero-order valence-corrected chi connectivity index (χ0v) is 10.6. The van der Waals surface area contributed by atoms with Crippen LogP contribution >= 0.6 is 15.9 Å². The van der Waals surface area contributed by atoms with Gasteiger partial charge < -0.3 is 10.6 Å². The molecule has 2 saturated heterocycles. The van der Waals surface area contributed by atoms with Crippen LogP contribution in [0.4, 0.5) is 5.82 Å². The fourth-order valence-corrected chi connectivity index (χ4v) is 3.12. The van der Waals surface area contributed by atoms with Crippen molar-refractivity contribution < 1.29 is 0 Å². The number of fused-ring (bicyclic) bond motifs is 2. The van der Waals surface area contributed by atoms with Crippen molar-refractivity contribution in [1.82, 2.24) is 15.3 Å². The van der Waals surface area contributed by atoms with E-state index in [0.717, 1.165) is 10.3 Å². The molecule has 86 valence electrons. The van der Waals surface area contributed by atoms with E-state index in [2.05, 4.69) is 36.5 Å². The molecule has 3 rings (SSSR count). The van der Waals surface area contributed by atoms with Crippen LogP contribution in [-0.2, 0) is 0 Å². The van der Waals surface area contributed by atoms with Gasteiger partial charge in [0.1, 0.15) is 12.1 Å². The monoisotopic (exact) mass is 282 g/mol. The molecule has 0 spiro atoms. The highest BCUT2D eigenvalue weighted by molar-refractivity contribution is 9.10. The number of hydrogen-bond acceptors (Lipinski definition) is 4. The molecule has 1 aromatic heterocycles. The molecule has 2 aliphatic heterocycles. The van der Waals surface area contributed by atoms with Crippen LogP contribution in [-0.4, -0.2) is 28.1 Å². The summed E-state index contributed by atoms with van der Waals surface area (Å²) in [5, 5.41) is 7.15. The molecule has 0 amide bonds. The van der Waals surface area contributed by atoms with Gasteiger partial charge in [-0.3, -0.25) is 0 Å². The Morgan fingerprint density at radius 1 is 1.31 bits per heavy atom. The molecule has 2 aliphatic rings. The Morgan fingerprint density at radius 3 is 2.75 bits per heavy atom. The maximum atomic E-state index is 4.25. The summed E-state index contributed by atoms with van der Waals surface area (Å²) in [6.07, 6.45) is 8.43. The Hall–Kier alpha value is -0.680. The van der Waals surface area contributed by atoms with Crippen LogP contribution in [0.25, 0.3) is 0 Å². The van der Waals surface area contributed by atoms with Gasteiger partial charge in [-0.25, -0.2) is 9.97 Å². The molecule has 2 N–H and O–H groups in total. The van der Waals surface area contributed by atoms with E-state index in [1.807, 2.05) is 0 Å². The summed E-state index contributed by atoms with van der Waals surface area (Å²) in [7, 11) is 0. The molecule has 2 unspecified atom stereocenters. The Labute approximate surface area is 103 Å². The van der Waals surface area contributed by atoms with Crippen molar-refractivity contribution in [1.29, 1.82) is 0 Å². The molecule has 5 heteroatoms. The van der Waals surface area contributed by atoms with Crippen molar-refractivity contribution in [3.05, 3.63) is 17.0 Å². The average Bonchev–Trinajstić information content (AvgIpc) is 2.62. The smallest absolute Gasteiger partial charge is 0.143 e. The minimum Gasteiger partial charge on any atom is -0.366 e. The largest absolute Gasteiger partial charge is 0.366 e. The molecule has 0 aromatic carbocycles. The van der Waals surface area contributed by atoms with Crippen LogP contribution in [0.5, 0.6) is 0 Å². The molecule has 3 heterocycles. The minimum atomic E-state index is 0.546. The van der Waals surface area contributed by atoms with E-state index in [1.165, 1.54) is 25.7 Å². The van der Waals surface area contributed by atoms with Gasteiger partial charge in [0.25, 0.3) is 0 Å². The summed E-state index contributed by atoms with van der Waals surface area (Å²) in [4.78, 5) is 8.22. The van der Waals surface area contributed by atoms with Crippen molar-refractivity contribution in [3.8, 4) is 0 Å². The van der Waals surface area contributed by atoms with Gasteiger partial charge in [-0.15, -0.1) is 0 Å². The first-order chi connectivity index (χ1) is 7.81. The molecule has 0 saturated carbocycles. The lowest BCUT2D eigenvalue weighted by atomic mass is 10.00. The highest BCUT2D eigenvalue weighted by Crippen LogP contribution is 2.29. The Morgan fingerprint density at radius 2 is 2.06 bits per heavy atom. The Bertz CT molecular complexity index is 372. The van der Waals surface area contributed by atoms with Crippen molar-refractivity contribution in [3.63, 3.8) is 0 Å². The fourth-order valence-electron chi connectivity index (χ4n) is 2.79. The van der Waals surface area contributed by atoms with Gasteiger partial charge in [-0.2, -0.15) is 0 Å². The third kappa shape index (κ3) is 2.06. The van der Waals surface area contributed by atoms with E-state index in [9.17, 15) is 0 Å². The molecule has 2 atom stereocenters. The van der Waals surface area contributed by atoms with Gasteiger partial charge in [-0.05, 0) is 41.6 Å². The molecule has 0 radical (unpaired) electrons. The molecule has 0 aliphatic carbocycles. The van der Waals surface area contributed by atoms with Crippen LogP contribution in [0.15, 0.2) is 17.0 Å². The zero-order chi connectivity index (χ0) is 11.0. The van der Waals surface area contributed by atoms with Crippen molar-refractivity contribution in [2.24, 2.45) is 0 Å². The molecule has 16 heavy (non-hydrogen) atoms. The molecule has 2 fully saturated rings. The van der Waals surface area contributed by atoms with E-state index in [1.54, 1.807) is 12.5 Å². The van der Waals surface area contributed by atoms with Crippen molar-refractivity contribution in [2.45, 2.75) is 43.8 Å². The van der Waals surface area contributed by atoms with Crippen LogP contribution in [0.2, 0.25) is 0 Å². The van der Waals surface area contributed by atoms with Gasteiger partial charge in [0.05, 0.1) is 4.47 Å². The van der Waals surface area contributed by atoms with Gasteiger partial charge in [-0.1, -0.05) is 0 Å². The van der Waals surface area contributed by atoms with E-state index >= 15 is 0 Å². The second-order valence-corrected chi connectivity index (χ2v) is 5.52. The highest BCUT2D eigenvalue weighted by Gasteiger charge is 2.33. The lowest BCUT2D eigenvalue weighted by Gasteiger charge is -2.30. The number of nitrogens with zero attached hydrogens (tertiary/aromatic N) is 2. The molecule has 1 aromatic rings. The Kier molecular flexibility index (Phi) is 2.81. The van der Waals surface area contributed by atoms with E-state index in [0.29, 0.717) is 18.1 Å². The van der Waals surface area contributed by atoms with E-state index < -0.39 is 0 Å². The molecular formula is C11H15BrN4. The molecule has 2 bridgehead atoms. The summed E-state index contributed by atoms with van der Waals surface area (Å²) in [6.45, 7) is 0. The second-order valence-electron chi connectivity index (χ2n) is 4.67. The quantitative estimate of drug-likeness (QED) is 0.871. The lowest BCUT2D eigenvalue weighted by Crippen LogP contribution is -2.43. The Balaban J connectivity index is 1.69. The van der Waals surface area contributed by atoms with Gasteiger partial charge in [0, 0.05) is 24.3 Å². The fraction of sp³-hybridized carbons (Fsp3) is 0.636. The number of hydrogen-bond donors (Lipinski definition) is 2. The normalized spacial score (nSPS) is 32.7. The van der Waals surface area contributed by atoms with Crippen LogP contribution in [0, 0.1) is 0 Å². The zero-order valence-electron chi connectivity index (χ0n) is 8.99. The van der Waals surface area contributed by atoms with E-state index in [4.69, 9.17) is 0 Å². The topological polar surface area (TPSA) is 49.8 Å². The SMILES string of the molecule is Brc1cncnc1NC1CC2CCC(C1)N2. The third-order valence-electron chi connectivity index (χ3n) is 3.48. The highest BCUT2D eigenvalue weighted by atomic mass is 79.9. The van der Waals surface area contributed by atoms with Crippen molar-refractivity contribution >= 4 is 21.7 Å². The molecule has 4 nitrogen and oxygen atoms in total. The lowest BCUT2D eigenvalue weighted by molar-refractivity contribution is 0.377. The maximum Gasteiger partial charge on any atom is 0.143 e. The van der Waals surface area contributed by atoms with Gasteiger partial charge in [0.15, 0.2) is 0 Å². The predicted molar refractivity (Wildman–Crippen MR) is 66.3 cm³/mol. The predicted octanol–water partition coefficient (Wildman–Crippen LogP) is 1.93. The number of anilines is 1. The summed E-state index contributed by atoms with van der Waals surface area (Å²) in [5.74, 6) is 0.918. The summed E-state index contributed by atoms with van der Waals surface area (Å²) in [6, 6.07) is 1.96. The summed E-state index contributed by atoms with van der Waals surface area (Å²) >= 11 is 3.47. The van der Waals surface area contributed by atoms with Gasteiger partial charge >= 0.3 is 0 Å². The first-order valence-electron chi connectivity index (χ1n) is 5.79. The van der Waals surface area contributed by atoms with Crippen LogP contribution in [0.1, 0.15) is 25.7 Å². The summed E-state index contributed by atoms with van der Waals surface area (Å²) < 4.78 is 0.945. The second kappa shape index (κ2) is 4.30. The number of nitrogens with one attached hydrogen (secondary N) is 2. The van der Waals surface area contributed by atoms with E-state index in [-0.39, 0.29) is 0 Å². The summed E-state index contributed by atoms with van der Waals surface area (Å²) in [5.41, 5.74) is 0. The molecular weight excluding hydrogens is 268 g/mol. The van der Waals surface area contributed by atoms with Crippen LogP contribution < -0.4 is 10.6 Å². The first-order valence-corrected chi connectivity index (χ1v) is 6.58. The number of rotatable bonds is 2. The maximum absolute atomic E-state index is 4.25. The number of halogens is 1. The van der Waals surface area contributed by atoms with Crippen molar-refractivity contribution in [2.75, 3.05) is 5.32 Å².